The number of hydrogen-bond acceptors (Lipinski definition) is 5. The molecule has 0 aliphatic heterocycles. The Balaban J connectivity index is 1.91. The molecular formula is C15H11Br3N4O3. The molecule has 0 saturated carbocycles. The molecule has 0 atom stereocenters. The summed E-state index contributed by atoms with van der Waals surface area (Å²) in [5.74, 6) is -0.358. The van der Waals surface area contributed by atoms with E-state index in [1.165, 1.54) is 18.3 Å². The average molecular weight is 535 g/mol. The van der Waals surface area contributed by atoms with Crippen LogP contribution in [0.2, 0.25) is 0 Å². The molecule has 0 unspecified atom stereocenters. The van der Waals surface area contributed by atoms with E-state index >= 15 is 0 Å². The first-order valence-electron chi connectivity index (χ1n) is 6.81. The number of nitro groups is 1. The van der Waals surface area contributed by atoms with Gasteiger partial charge in [0.2, 0.25) is 0 Å². The fourth-order valence-corrected chi connectivity index (χ4v) is 4.36. The predicted molar refractivity (Wildman–Crippen MR) is 107 cm³/mol. The van der Waals surface area contributed by atoms with E-state index in [9.17, 15) is 14.9 Å². The van der Waals surface area contributed by atoms with Crippen LogP contribution in [-0.4, -0.2) is 23.6 Å². The molecule has 7 nitrogen and oxygen atoms in total. The SMILES string of the molecule is O=C(CNc1c(Br)cc(Br)cc1Br)N/N=C\c1cccc([N+](=O)[O-])c1. The van der Waals surface area contributed by atoms with Crippen molar-refractivity contribution in [3.8, 4) is 0 Å². The highest BCUT2D eigenvalue weighted by Crippen LogP contribution is 2.34. The first-order valence-corrected chi connectivity index (χ1v) is 9.19. The fourth-order valence-electron chi connectivity index (χ4n) is 1.82. The number of rotatable bonds is 6. The monoisotopic (exact) mass is 532 g/mol. The van der Waals surface area contributed by atoms with Crippen LogP contribution in [0.3, 0.4) is 0 Å². The number of carbonyl (C=O) groups is 1. The van der Waals surface area contributed by atoms with Crippen LogP contribution in [0.1, 0.15) is 5.56 Å². The summed E-state index contributed by atoms with van der Waals surface area (Å²) in [5, 5.41) is 17.5. The molecule has 0 radical (unpaired) electrons. The summed E-state index contributed by atoms with van der Waals surface area (Å²) >= 11 is 10.2. The zero-order chi connectivity index (χ0) is 18.4. The Morgan fingerprint density at radius 3 is 2.52 bits per heavy atom. The van der Waals surface area contributed by atoms with Gasteiger partial charge >= 0.3 is 0 Å². The molecule has 0 fully saturated rings. The van der Waals surface area contributed by atoms with Crippen molar-refractivity contribution in [3.63, 3.8) is 0 Å². The Hall–Kier alpha value is -1.78. The Morgan fingerprint density at radius 1 is 1.20 bits per heavy atom. The smallest absolute Gasteiger partial charge is 0.270 e. The van der Waals surface area contributed by atoms with Gasteiger partial charge in [0, 0.05) is 31.1 Å². The van der Waals surface area contributed by atoms with E-state index < -0.39 is 4.92 Å². The van der Waals surface area contributed by atoms with Gasteiger partial charge in [0.25, 0.3) is 11.6 Å². The minimum absolute atomic E-state index is 0.00507. The van der Waals surface area contributed by atoms with Gasteiger partial charge in [-0.3, -0.25) is 14.9 Å². The van der Waals surface area contributed by atoms with Crippen LogP contribution < -0.4 is 10.7 Å². The highest BCUT2D eigenvalue weighted by Gasteiger charge is 2.08. The van der Waals surface area contributed by atoms with Gasteiger partial charge in [0.15, 0.2) is 0 Å². The Morgan fingerprint density at radius 2 is 1.88 bits per heavy atom. The van der Waals surface area contributed by atoms with Gasteiger partial charge in [0.05, 0.1) is 23.4 Å². The lowest BCUT2D eigenvalue weighted by Gasteiger charge is -2.10. The summed E-state index contributed by atoms with van der Waals surface area (Å²) < 4.78 is 2.48. The van der Waals surface area contributed by atoms with E-state index in [1.54, 1.807) is 12.1 Å². The minimum Gasteiger partial charge on any atom is -0.374 e. The highest BCUT2D eigenvalue weighted by atomic mass is 79.9. The summed E-state index contributed by atoms with van der Waals surface area (Å²) in [5.41, 5.74) is 3.57. The highest BCUT2D eigenvalue weighted by molar-refractivity contribution is 9.11. The zero-order valence-corrected chi connectivity index (χ0v) is 17.3. The predicted octanol–water partition coefficient (Wildman–Crippen LogP) is 4.44. The lowest BCUT2D eigenvalue weighted by Crippen LogP contribution is -2.26. The Kier molecular flexibility index (Phi) is 7.09. The molecule has 0 saturated heterocycles. The molecule has 0 heterocycles. The van der Waals surface area contributed by atoms with E-state index in [-0.39, 0.29) is 18.1 Å². The zero-order valence-electron chi connectivity index (χ0n) is 12.5. The molecule has 130 valence electrons. The first-order chi connectivity index (χ1) is 11.9. The van der Waals surface area contributed by atoms with E-state index in [4.69, 9.17) is 0 Å². The molecule has 0 spiro atoms. The third kappa shape index (κ3) is 5.91. The normalized spacial score (nSPS) is 10.7. The molecule has 10 heteroatoms. The number of carbonyl (C=O) groups excluding carboxylic acids is 1. The molecule has 2 N–H and O–H groups in total. The second-order valence-corrected chi connectivity index (χ2v) is 7.37. The van der Waals surface area contributed by atoms with E-state index in [0.29, 0.717) is 5.56 Å². The summed E-state index contributed by atoms with van der Waals surface area (Å²) in [6.45, 7) is 0.00507. The molecule has 0 aliphatic rings. The molecule has 0 bridgehead atoms. The van der Waals surface area contributed by atoms with E-state index in [0.717, 1.165) is 19.1 Å². The maximum atomic E-state index is 11.8. The van der Waals surface area contributed by atoms with Crippen LogP contribution in [0.15, 0.2) is 54.9 Å². The summed E-state index contributed by atoms with van der Waals surface area (Å²) in [6.07, 6.45) is 1.34. The Labute approximate surface area is 168 Å². The topological polar surface area (TPSA) is 96.6 Å². The van der Waals surface area contributed by atoms with Crippen LogP contribution in [0, 0.1) is 10.1 Å². The number of nitrogens with zero attached hydrogens (tertiary/aromatic N) is 2. The molecule has 2 aromatic carbocycles. The van der Waals surface area contributed by atoms with Gasteiger partial charge in [0.1, 0.15) is 0 Å². The van der Waals surface area contributed by atoms with Crippen molar-refractivity contribution in [3.05, 3.63) is 65.5 Å². The van der Waals surface area contributed by atoms with Crippen LogP contribution >= 0.6 is 47.8 Å². The quantitative estimate of drug-likeness (QED) is 0.325. The number of nitro benzene ring substituents is 1. The lowest BCUT2D eigenvalue weighted by atomic mass is 10.2. The number of halogens is 3. The van der Waals surface area contributed by atoms with Crippen LogP contribution in [-0.2, 0) is 4.79 Å². The van der Waals surface area contributed by atoms with Crippen molar-refractivity contribution in [1.82, 2.24) is 5.43 Å². The number of amides is 1. The van der Waals surface area contributed by atoms with E-state index in [2.05, 4.69) is 63.6 Å². The maximum absolute atomic E-state index is 11.8. The number of benzene rings is 2. The molecule has 0 aliphatic carbocycles. The van der Waals surface area contributed by atoms with Crippen molar-refractivity contribution in [2.24, 2.45) is 5.10 Å². The van der Waals surface area contributed by atoms with Crippen molar-refractivity contribution in [2.45, 2.75) is 0 Å². The van der Waals surface area contributed by atoms with Crippen molar-refractivity contribution in [2.75, 3.05) is 11.9 Å². The average Bonchev–Trinajstić information content (AvgIpc) is 2.54. The molecule has 2 aromatic rings. The molecule has 2 rings (SSSR count). The summed E-state index contributed by atoms with van der Waals surface area (Å²) in [7, 11) is 0. The van der Waals surface area contributed by atoms with Crippen molar-refractivity contribution in [1.29, 1.82) is 0 Å². The third-order valence-electron chi connectivity index (χ3n) is 2.92. The largest absolute Gasteiger partial charge is 0.374 e. The molecule has 1 amide bonds. The van der Waals surface area contributed by atoms with Crippen LogP contribution in [0.25, 0.3) is 0 Å². The second kappa shape index (κ2) is 9.07. The number of non-ortho nitro benzene ring substituents is 1. The first kappa shape index (κ1) is 19.5. The lowest BCUT2D eigenvalue weighted by molar-refractivity contribution is -0.384. The van der Waals surface area contributed by atoms with Crippen LogP contribution in [0.4, 0.5) is 11.4 Å². The fraction of sp³-hybridized carbons (Fsp3) is 0.0667. The second-order valence-electron chi connectivity index (χ2n) is 4.74. The maximum Gasteiger partial charge on any atom is 0.270 e. The summed E-state index contributed by atoms with van der Waals surface area (Å²) in [6, 6.07) is 9.65. The van der Waals surface area contributed by atoms with E-state index in [1.807, 2.05) is 12.1 Å². The van der Waals surface area contributed by atoms with Gasteiger partial charge in [-0.25, -0.2) is 5.43 Å². The molecule has 25 heavy (non-hydrogen) atoms. The number of hydrogen-bond donors (Lipinski definition) is 2. The minimum atomic E-state index is -0.492. The van der Waals surface area contributed by atoms with Crippen LogP contribution in [0.5, 0.6) is 0 Å². The van der Waals surface area contributed by atoms with Gasteiger partial charge in [-0.05, 0) is 44.0 Å². The number of nitrogens with one attached hydrogen (secondary N) is 2. The standard InChI is InChI=1S/C15H11Br3N4O3/c16-10-5-12(17)15(13(18)6-10)19-8-14(23)21-20-7-9-2-1-3-11(4-9)22(24)25/h1-7,19H,8H2,(H,21,23)/b20-7-. The van der Waals surface area contributed by atoms with Gasteiger partial charge < -0.3 is 5.32 Å². The third-order valence-corrected chi connectivity index (χ3v) is 4.63. The number of hydrazone groups is 1. The van der Waals surface area contributed by atoms with Gasteiger partial charge in [-0.1, -0.05) is 28.1 Å². The molecular weight excluding hydrogens is 524 g/mol. The Bertz CT molecular complexity index is 820. The van der Waals surface area contributed by atoms with Gasteiger partial charge in [-0.2, -0.15) is 5.10 Å². The van der Waals surface area contributed by atoms with Gasteiger partial charge in [-0.15, -0.1) is 0 Å². The number of anilines is 1. The molecule has 0 aromatic heterocycles. The van der Waals surface area contributed by atoms with Crippen molar-refractivity contribution < 1.29 is 9.72 Å². The summed E-state index contributed by atoms with van der Waals surface area (Å²) in [4.78, 5) is 22.0. The van der Waals surface area contributed by atoms with Crippen molar-refractivity contribution >= 4 is 71.3 Å².